The van der Waals surface area contributed by atoms with Crippen molar-refractivity contribution >= 4 is 16.5 Å². The first-order chi connectivity index (χ1) is 9.42. The molecule has 4 heteroatoms. The molecule has 0 aliphatic heterocycles. The van der Waals surface area contributed by atoms with E-state index in [1.807, 2.05) is 36.4 Å². The molecule has 3 nitrogen and oxygen atoms in total. The molecular weight excluding hydrogens is 254 g/mol. The molecule has 0 aliphatic rings. The number of aromatic nitrogens is 2. The fraction of sp³-hybridized carbons (Fsp3) is 0.0667. The van der Waals surface area contributed by atoms with Crippen LogP contribution in [0.25, 0.3) is 11.3 Å². The highest BCUT2D eigenvalue weighted by molar-refractivity contribution is 7.14. The van der Waals surface area contributed by atoms with Crippen LogP contribution in [0.4, 0.5) is 5.13 Å². The van der Waals surface area contributed by atoms with Crippen molar-refractivity contribution in [2.45, 2.75) is 6.54 Å². The van der Waals surface area contributed by atoms with Crippen molar-refractivity contribution in [2.24, 2.45) is 0 Å². The van der Waals surface area contributed by atoms with Crippen LogP contribution in [0.1, 0.15) is 5.69 Å². The van der Waals surface area contributed by atoms with Gasteiger partial charge in [0.1, 0.15) is 0 Å². The van der Waals surface area contributed by atoms with Gasteiger partial charge in [-0.15, -0.1) is 11.3 Å². The third-order valence-electron chi connectivity index (χ3n) is 2.72. The molecule has 0 aliphatic carbocycles. The van der Waals surface area contributed by atoms with E-state index in [9.17, 15) is 0 Å². The lowest BCUT2D eigenvalue weighted by Crippen LogP contribution is -2.00. The Balaban J connectivity index is 1.69. The van der Waals surface area contributed by atoms with E-state index in [0.29, 0.717) is 6.54 Å². The van der Waals surface area contributed by atoms with Gasteiger partial charge < -0.3 is 5.32 Å². The van der Waals surface area contributed by atoms with Crippen LogP contribution in [-0.4, -0.2) is 9.97 Å². The quantitative estimate of drug-likeness (QED) is 0.781. The van der Waals surface area contributed by atoms with Gasteiger partial charge in [-0.2, -0.15) is 0 Å². The third-order valence-corrected chi connectivity index (χ3v) is 3.52. The second-order valence-corrected chi connectivity index (χ2v) is 4.94. The van der Waals surface area contributed by atoms with Crippen molar-refractivity contribution in [3.05, 3.63) is 65.8 Å². The van der Waals surface area contributed by atoms with Gasteiger partial charge in [0.2, 0.25) is 0 Å². The van der Waals surface area contributed by atoms with Gasteiger partial charge in [-0.3, -0.25) is 4.98 Å². The number of nitrogens with zero attached hydrogens (tertiary/aromatic N) is 2. The molecule has 1 N–H and O–H groups in total. The molecular formula is C15H13N3S. The van der Waals surface area contributed by atoms with Crippen molar-refractivity contribution in [1.82, 2.24) is 9.97 Å². The summed E-state index contributed by atoms with van der Waals surface area (Å²) in [4.78, 5) is 8.85. The van der Waals surface area contributed by atoms with E-state index in [2.05, 4.69) is 32.8 Å². The van der Waals surface area contributed by atoms with Crippen LogP contribution in [0, 0.1) is 0 Å². The van der Waals surface area contributed by atoms with Gasteiger partial charge in [-0.05, 0) is 12.1 Å². The fourth-order valence-corrected chi connectivity index (χ4v) is 2.48. The lowest BCUT2D eigenvalue weighted by Gasteiger charge is -2.01. The number of benzene rings is 1. The van der Waals surface area contributed by atoms with Crippen molar-refractivity contribution < 1.29 is 0 Å². The molecule has 3 aromatic rings. The average Bonchev–Trinajstić information content (AvgIpc) is 2.96. The molecule has 2 heterocycles. The van der Waals surface area contributed by atoms with Crippen LogP contribution >= 0.6 is 11.3 Å². The molecule has 0 atom stereocenters. The summed E-state index contributed by atoms with van der Waals surface area (Å²) in [6.07, 6.45) is 1.80. The zero-order valence-electron chi connectivity index (χ0n) is 10.3. The number of hydrogen-bond donors (Lipinski definition) is 1. The molecule has 2 aromatic heterocycles. The molecule has 0 spiro atoms. The number of pyridine rings is 1. The molecule has 0 amide bonds. The lowest BCUT2D eigenvalue weighted by molar-refractivity contribution is 1.04. The zero-order chi connectivity index (χ0) is 12.9. The minimum Gasteiger partial charge on any atom is -0.356 e. The Morgan fingerprint density at radius 2 is 1.84 bits per heavy atom. The summed E-state index contributed by atoms with van der Waals surface area (Å²) in [6, 6.07) is 16.1. The smallest absolute Gasteiger partial charge is 0.183 e. The second kappa shape index (κ2) is 5.63. The Bertz CT molecular complexity index is 635. The first-order valence-electron chi connectivity index (χ1n) is 6.06. The maximum atomic E-state index is 4.58. The first-order valence-corrected chi connectivity index (χ1v) is 6.94. The van der Waals surface area contributed by atoms with Gasteiger partial charge in [0, 0.05) is 17.1 Å². The summed E-state index contributed by atoms with van der Waals surface area (Å²) in [5.74, 6) is 0. The number of hydrogen-bond acceptors (Lipinski definition) is 4. The van der Waals surface area contributed by atoms with E-state index in [-0.39, 0.29) is 0 Å². The van der Waals surface area contributed by atoms with Crippen molar-refractivity contribution in [2.75, 3.05) is 5.32 Å². The van der Waals surface area contributed by atoms with Crippen LogP contribution in [0.3, 0.4) is 0 Å². The number of rotatable bonds is 4. The summed E-state index contributed by atoms with van der Waals surface area (Å²) >= 11 is 1.61. The van der Waals surface area contributed by atoms with Crippen LogP contribution in [0.15, 0.2) is 60.1 Å². The highest BCUT2D eigenvalue weighted by atomic mass is 32.1. The highest BCUT2D eigenvalue weighted by Gasteiger charge is 2.03. The molecule has 0 saturated carbocycles. The van der Waals surface area contributed by atoms with Gasteiger partial charge in [-0.1, -0.05) is 36.4 Å². The molecule has 19 heavy (non-hydrogen) atoms. The molecule has 1 aromatic carbocycles. The SMILES string of the molecule is c1ccc(-c2csc(NCc3ccccn3)n2)cc1. The van der Waals surface area contributed by atoms with E-state index in [1.165, 1.54) is 0 Å². The van der Waals surface area contributed by atoms with Gasteiger partial charge in [0.25, 0.3) is 0 Å². The maximum Gasteiger partial charge on any atom is 0.183 e. The summed E-state index contributed by atoms with van der Waals surface area (Å²) in [6.45, 7) is 0.697. The van der Waals surface area contributed by atoms with Crippen LogP contribution < -0.4 is 5.32 Å². The van der Waals surface area contributed by atoms with Gasteiger partial charge in [0.15, 0.2) is 5.13 Å². The topological polar surface area (TPSA) is 37.8 Å². The Kier molecular flexibility index (Phi) is 3.51. The predicted octanol–water partition coefficient (Wildman–Crippen LogP) is 3.82. The van der Waals surface area contributed by atoms with Crippen molar-refractivity contribution in [3.8, 4) is 11.3 Å². The number of anilines is 1. The van der Waals surface area contributed by atoms with Crippen molar-refractivity contribution in [3.63, 3.8) is 0 Å². The van der Waals surface area contributed by atoms with Gasteiger partial charge in [0.05, 0.1) is 17.9 Å². The van der Waals surface area contributed by atoms with E-state index in [4.69, 9.17) is 0 Å². The summed E-state index contributed by atoms with van der Waals surface area (Å²) in [5, 5.41) is 6.28. The molecule has 0 unspecified atom stereocenters. The average molecular weight is 267 g/mol. The highest BCUT2D eigenvalue weighted by Crippen LogP contribution is 2.24. The van der Waals surface area contributed by atoms with E-state index >= 15 is 0 Å². The molecule has 0 fully saturated rings. The third kappa shape index (κ3) is 2.98. The Morgan fingerprint density at radius 1 is 1.00 bits per heavy atom. The molecule has 94 valence electrons. The summed E-state index contributed by atoms with van der Waals surface area (Å²) < 4.78 is 0. The summed E-state index contributed by atoms with van der Waals surface area (Å²) in [5.41, 5.74) is 3.16. The minimum absolute atomic E-state index is 0.697. The van der Waals surface area contributed by atoms with Crippen molar-refractivity contribution in [1.29, 1.82) is 0 Å². The normalized spacial score (nSPS) is 10.3. The Labute approximate surface area is 116 Å². The Hall–Kier alpha value is -2.20. The second-order valence-electron chi connectivity index (χ2n) is 4.08. The first kappa shape index (κ1) is 11.9. The van der Waals surface area contributed by atoms with E-state index < -0.39 is 0 Å². The number of thiazole rings is 1. The van der Waals surface area contributed by atoms with Crippen LogP contribution in [-0.2, 0) is 6.54 Å². The molecule has 0 radical (unpaired) electrons. The van der Waals surface area contributed by atoms with Gasteiger partial charge >= 0.3 is 0 Å². The lowest BCUT2D eigenvalue weighted by atomic mass is 10.2. The van der Waals surface area contributed by atoms with E-state index in [0.717, 1.165) is 22.1 Å². The fourth-order valence-electron chi connectivity index (χ4n) is 1.77. The maximum absolute atomic E-state index is 4.58. The number of nitrogens with one attached hydrogen (secondary N) is 1. The van der Waals surface area contributed by atoms with Crippen LogP contribution in [0.5, 0.6) is 0 Å². The minimum atomic E-state index is 0.697. The van der Waals surface area contributed by atoms with Crippen LogP contribution in [0.2, 0.25) is 0 Å². The zero-order valence-corrected chi connectivity index (χ0v) is 11.1. The summed E-state index contributed by atoms with van der Waals surface area (Å²) in [7, 11) is 0. The molecule has 0 bridgehead atoms. The predicted molar refractivity (Wildman–Crippen MR) is 79.1 cm³/mol. The van der Waals surface area contributed by atoms with Gasteiger partial charge in [-0.25, -0.2) is 4.98 Å². The monoisotopic (exact) mass is 267 g/mol. The Morgan fingerprint density at radius 3 is 2.63 bits per heavy atom. The molecule has 3 rings (SSSR count). The van der Waals surface area contributed by atoms with E-state index in [1.54, 1.807) is 17.5 Å². The largest absolute Gasteiger partial charge is 0.356 e. The molecule has 0 saturated heterocycles. The standard InChI is InChI=1S/C15H13N3S/c1-2-6-12(7-3-1)14-11-19-15(18-14)17-10-13-8-4-5-9-16-13/h1-9,11H,10H2,(H,17,18).